The van der Waals surface area contributed by atoms with Gasteiger partial charge in [0.2, 0.25) is 0 Å². The normalized spacial score (nSPS) is 25.2. The average Bonchev–Trinajstić information content (AvgIpc) is 3.18. The topological polar surface area (TPSA) is 48.1 Å². The summed E-state index contributed by atoms with van der Waals surface area (Å²) in [4.78, 5) is 19.2. The van der Waals surface area contributed by atoms with Crippen molar-refractivity contribution in [3.8, 4) is 0 Å². The Morgan fingerprint density at radius 2 is 1.97 bits per heavy atom. The lowest BCUT2D eigenvalue weighted by Gasteiger charge is -2.42. The highest BCUT2D eigenvalue weighted by Gasteiger charge is 2.35. The molecular weight excluding hydrogens is 396 g/mol. The number of hydrogen-bond acceptors (Lipinski definition) is 5. The molecule has 6 nitrogen and oxygen atoms in total. The molecule has 1 N–H and O–H groups in total. The lowest BCUT2D eigenvalue weighted by atomic mass is 9.78. The van der Waals surface area contributed by atoms with Crippen LogP contribution < -0.4 is 10.2 Å². The summed E-state index contributed by atoms with van der Waals surface area (Å²) >= 11 is 1.83. The van der Waals surface area contributed by atoms with E-state index in [0.29, 0.717) is 6.04 Å². The first-order valence-corrected chi connectivity index (χ1v) is 12.1. The van der Waals surface area contributed by atoms with Crippen LogP contribution in [0.3, 0.4) is 0 Å². The molecule has 2 aliphatic heterocycles. The minimum atomic E-state index is 0.0866. The number of benzene rings is 1. The number of thiophene rings is 1. The number of urea groups is 1. The molecule has 1 aliphatic carbocycles. The minimum absolute atomic E-state index is 0.0866. The van der Waals surface area contributed by atoms with Gasteiger partial charge in [-0.3, -0.25) is 4.90 Å². The summed E-state index contributed by atoms with van der Waals surface area (Å²) in [5.74, 6) is 0.760. The van der Waals surface area contributed by atoms with Crippen LogP contribution in [0.15, 0.2) is 29.6 Å². The van der Waals surface area contributed by atoms with E-state index in [2.05, 4.69) is 44.8 Å². The molecular formula is C23H32N4O2S. The quantitative estimate of drug-likeness (QED) is 0.768. The van der Waals surface area contributed by atoms with Crippen LogP contribution in [0.1, 0.15) is 19.3 Å². The number of likely N-dealkylation sites (tertiary alicyclic amines) is 1. The first-order chi connectivity index (χ1) is 14.7. The molecule has 5 rings (SSSR count). The van der Waals surface area contributed by atoms with Gasteiger partial charge >= 0.3 is 6.03 Å². The molecule has 3 aliphatic rings. The van der Waals surface area contributed by atoms with E-state index in [4.69, 9.17) is 4.74 Å². The van der Waals surface area contributed by atoms with Gasteiger partial charge in [-0.05, 0) is 55.3 Å². The molecule has 1 aromatic carbocycles. The van der Waals surface area contributed by atoms with Gasteiger partial charge in [-0.15, -0.1) is 11.3 Å². The molecule has 30 heavy (non-hydrogen) atoms. The molecule has 162 valence electrons. The molecule has 1 aromatic heterocycles. The van der Waals surface area contributed by atoms with Crippen LogP contribution in [0.4, 0.5) is 10.5 Å². The van der Waals surface area contributed by atoms with Gasteiger partial charge in [0, 0.05) is 55.1 Å². The minimum Gasteiger partial charge on any atom is -0.378 e. The predicted molar refractivity (Wildman–Crippen MR) is 123 cm³/mol. The van der Waals surface area contributed by atoms with Gasteiger partial charge < -0.3 is 19.9 Å². The number of nitrogens with one attached hydrogen (secondary N) is 1. The average molecular weight is 429 g/mol. The van der Waals surface area contributed by atoms with Crippen LogP contribution in [-0.4, -0.2) is 80.9 Å². The number of anilines is 1. The third-order valence-electron chi connectivity index (χ3n) is 7.07. The zero-order chi connectivity index (χ0) is 20.5. The van der Waals surface area contributed by atoms with Crippen LogP contribution in [-0.2, 0) is 4.74 Å². The molecule has 3 heterocycles. The van der Waals surface area contributed by atoms with Crippen LogP contribution in [0.5, 0.6) is 0 Å². The van der Waals surface area contributed by atoms with E-state index in [-0.39, 0.29) is 12.1 Å². The van der Waals surface area contributed by atoms with Crippen molar-refractivity contribution >= 4 is 33.1 Å². The number of fused-ring (bicyclic) bond motifs is 1. The zero-order valence-corrected chi connectivity index (χ0v) is 18.6. The lowest BCUT2D eigenvalue weighted by molar-refractivity contribution is -0.00934. The standard InChI is InChI=1S/C23H32N4O2S/c1-29-19-15-27(16-19)23(28)24-18-13-17(14-18)5-7-25-8-10-26(11-9-25)21-3-2-4-22-20(21)6-12-30-22/h2-4,6,12,17-19H,5,7-11,13-16H2,1H3,(H,24,28)/t17-,18-. The summed E-state index contributed by atoms with van der Waals surface area (Å²) in [5.41, 5.74) is 1.39. The van der Waals surface area contributed by atoms with Crippen molar-refractivity contribution in [2.75, 3.05) is 57.8 Å². The number of piperazine rings is 1. The molecule has 0 spiro atoms. The van der Waals surface area contributed by atoms with Crippen LogP contribution in [0, 0.1) is 5.92 Å². The summed E-state index contributed by atoms with van der Waals surface area (Å²) in [5, 5.41) is 6.77. The Labute approximate surface area is 182 Å². The van der Waals surface area contributed by atoms with Crippen molar-refractivity contribution in [2.45, 2.75) is 31.4 Å². The van der Waals surface area contributed by atoms with E-state index in [0.717, 1.165) is 58.0 Å². The Bertz CT molecular complexity index is 867. The maximum absolute atomic E-state index is 12.2. The molecule has 7 heteroatoms. The number of methoxy groups -OCH3 is 1. The Hall–Kier alpha value is -1.83. The fraction of sp³-hybridized carbons (Fsp3) is 0.609. The van der Waals surface area contributed by atoms with Gasteiger partial charge in [-0.1, -0.05) is 6.07 Å². The lowest BCUT2D eigenvalue weighted by Crippen LogP contribution is -2.60. The molecule has 0 radical (unpaired) electrons. The van der Waals surface area contributed by atoms with Crippen LogP contribution >= 0.6 is 11.3 Å². The summed E-state index contributed by atoms with van der Waals surface area (Å²) in [7, 11) is 1.71. The molecule has 1 saturated carbocycles. The van der Waals surface area contributed by atoms with Crippen molar-refractivity contribution in [1.82, 2.24) is 15.1 Å². The highest BCUT2D eigenvalue weighted by molar-refractivity contribution is 7.17. The third kappa shape index (κ3) is 4.15. The second-order valence-electron chi connectivity index (χ2n) is 8.97. The number of carbonyl (C=O) groups is 1. The van der Waals surface area contributed by atoms with E-state index in [1.165, 1.54) is 28.7 Å². The van der Waals surface area contributed by atoms with Gasteiger partial charge in [0.1, 0.15) is 0 Å². The number of amides is 2. The van der Waals surface area contributed by atoms with Gasteiger partial charge in [-0.2, -0.15) is 0 Å². The molecule has 2 amide bonds. The van der Waals surface area contributed by atoms with Crippen molar-refractivity contribution < 1.29 is 9.53 Å². The highest BCUT2D eigenvalue weighted by Crippen LogP contribution is 2.32. The smallest absolute Gasteiger partial charge is 0.317 e. The number of ether oxygens (including phenoxy) is 1. The molecule has 0 unspecified atom stereocenters. The van der Waals surface area contributed by atoms with Crippen LogP contribution in [0.2, 0.25) is 0 Å². The van der Waals surface area contributed by atoms with Crippen molar-refractivity contribution in [3.63, 3.8) is 0 Å². The summed E-state index contributed by atoms with van der Waals surface area (Å²) < 4.78 is 6.62. The van der Waals surface area contributed by atoms with E-state index in [1.54, 1.807) is 7.11 Å². The zero-order valence-electron chi connectivity index (χ0n) is 17.8. The molecule has 0 atom stereocenters. The second kappa shape index (κ2) is 8.73. The number of carbonyl (C=O) groups excluding carboxylic acids is 1. The SMILES string of the molecule is COC1CN(C(=O)N[C@H]2C[C@H](CCN3CCN(c4cccc5sccc45)CC3)C2)C1. The Balaban J connectivity index is 0.999. The molecule has 3 fully saturated rings. The fourth-order valence-corrected chi connectivity index (χ4v) is 5.75. The molecule has 2 saturated heterocycles. The first kappa shape index (κ1) is 20.1. The van der Waals surface area contributed by atoms with Gasteiger partial charge in [0.15, 0.2) is 0 Å². The van der Waals surface area contributed by atoms with Crippen LogP contribution in [0.25, 0.3) is 10.1 Å². The van der Waals surface area contributed by atoms with Gasteiger partial charge in [-0.25, -0.2) is 4.79 Å². The highest BCUT2D eigenvalue weighted by atomic mass is 32.1. The van der Waals surface area contributed by atoms with Gasteiger partial charge in [0.25, 0.3) is 0 Å². The second-order valence-corrected chi connectivity index (χ2v) is 9.92. The van der Waals surface area contributed by atoms with Crippen molar-refractivity contribution in [3.05, 3.63) is 29.6 Å². The number of hydrogen-bond donors (Lipinski definition) is 1. The Morgan fingerprint density at radius 3 is 2.73 bits per heavy atom. The third-order valence-corrected chi connectivity index (χ3v) is 7.95. The molecule has 0 bridgehead atoms. The summed E-state index contributed by atoms with van der Waals surface area (Å²) in [6, 6.07) is 9.38. The summed E-state index contributed by atoms with van der Waals surface area (Å²) in [6.45, 7) is 7.14. The fourth-order valence-electron chi connectivity index (χ4n) is 4.94. The Morgan fingerprint density at radius 1 is 1.17 bits per heavy atom. The van der Waals surface area contributed by atoms with Crippen molar-refractivity contribution in [2.24, 2.45) is 5.92 Å². The maximum Gasteiger partial charge on any atom is 0.317 e. The van der Waals surface area contributed by atoms with E-state index in [9.17, 15) is 4.79 Å². The maximum atomic E-state index is 12.2. The van der Waals surface area contributed by atoms with E-state index in [1.807, 2.05) is 16.2 Å². The predicted octanol–water partition coefficient (Wildman–Crippen LogP) is 3.23. The van der Waals surface area contributed by atoms with E-state index >= 15 is 0 Å². The van der Waals surface area contributed by atoms with Gasteiger partial charge in [0.05, 0.1) is 19.2 Å². The first-order valence-electron chi connectivity index (χ1n) is 11.2. The number of rotatable bonds is 6. The monoisotopic (exact) mass is 428 g/mol. The Kier molecular flexibility index (Phi) is 5.85. The largest absolute Gasteiger partial charge is 0.378 e. The van der Waals surface area contributed by atoms with Crippen molar-refractivity contribution in [1.29, 1.82) is 0 Å². The molecule has 2 aromatic rings. The van der Waals surface area contributed by atoms with E-state index < -0.39 is 0 Å². The number of nitrogens with zero attached hydrogens (tertiary/aromatic N) is 3. The summed E-state index contributed by atoms with van der Waals surface area (Å²) in [6.07, 6.45) is 3.74.